The summed E-state index contributed by atoms with van der Waals surface area (Å²) in [6.07, 6.45) is 3.41. The molecule has 1 N–H and O–H groups in total. The van der Waals surface area contributed by atoms with Crippen molar-refractivity contribution in [2.24, 2.45) is 0 Å². The van der Waals surface area contributed by atoms with Crippen LogP contribution in [0.4, 0.5) is 0 Å². The minimum atomic E-state index is -0.182. The number of carbonyl (C=O) groups excluding carboxylic acids is 1. The highest BCUT2D eigenvalue weighted by atomic mass is 32.1. The molecule has 0 saturated heterocycles. The number of hydrogen-bond acceptors (Lipinski definition) is 6. The van der Waals surface area contributed by atoms with Gasteiger partial charge in [-0.3, -0.25) is 9.78 Å². The lowest BCUT2D eigenvalue weighted by Gasteiger charge is -2.15. The molecule has 1 aromatic carbocycles. The third kappa shape index (κ3) is 4.37. The first-order valence-corrected chi connectivity index (χ1v) is 9.00. The van der Waals surface area contributed by atoms with Crippen LogP contribution in [0.1, 0.15) is 34.6 Å². The fourth-order valence-corrected chi connectivity index (χ4v) is 2.95. The van der Waals surface area contributed by atoms with Gasteiger partial charge in [0, 0.05) is 23.3 Å². The van der Waals surface area contributed by atoms with Gasteiger partial charge in [-0.1, -0.05) is 0 Å². The molecule has 0 fully saturated rings. The summed E-state index contributed by atoms with van der Waals surface area (Å²) in [7, 11) is 1.55. The van der Waals surface area contributed by atoms with Gasteiger partial charge in [0.25, 0.3) is 5.91 Å². The van der Waals surface area contributed by atoms with E-state index in [1.54, 1.807) is 43.2 Å². The number of methoxy groups -OCH3 is 1. The van der Waals surface area contributed by atoms with Crippen LogP contribution in [0.5, 0.6) is 11.5 Å². The monoisotopic (exact) mass is 369 g/mol. The summed E-state index contributed by atoms with van der Waals surface area (Å²) < 4.78 is 11.1. The van der Waals surface area contributed by atoms with Crippen LogP contribution in [-0.2, 0) is 6.61 Å². The van der Waals surface area contributed by atoms with Gasteiger partial charge in [0.15, 0.2) is 11.5 Å². The average Bonchev–Trinajstić information content (AvgIpc) is 3.20. The van der Waals surface area contributed by atoms with Crippen LogP contribution >= 0.6 is 11.3 Å². The molecule has 0 aliphatic carbocycles. The van der Waals surface area contributed by atoms with E-state index < -0.39 is 0 Å². The number of amides is 1. The zero-order valence-corrected chi connectivity index (χ0v) is 15.3. The first kappa shape index (κ1) is 17.9. The predicted octanol–water partition coefficient (Wildman–Crippen LogP) is 3.62. The number of benzene rings is 1. The van der Waals surface area contributed by atoms with E-state index in [2.05, 4.69) is 15.3 Å². The largest absolute Gasteiger partial charge is 0.493 e. The molecule has 2 aromatic heterocycles. The molecule has 3 rings (SSSR count). The van der Waals surface area contributed by atoms with Crippen LogP contribution in [0, 0.1) is 0 Å². The van der Waals surface area contributed by atoms with Crippen molar-refractivity contribution >= 4 is 17.2 Å². The van der Waals surface area contributed by atoms with E-state index in [9.17, 15) is 4.79 Å². The average molecular weight is 369 g/mol. The van der Waals surface area contributed by atoms with Gasteiger partial charge in [0.1, 0.15) is 6.61 Å². The van der Waals surface area contributed by atoms with E-state index in [-0.39, 0.29) is 11.9 Å². The van der Waals surface area contributed by atoms with E-state index in [0.29, 0.717) is 23.7 Å². The number of nitrogens with one attached hydrogen (secondary N) is 1. The molecule has 134 valence electrons. The van der Waals surface area contributed by atoms with E-state index in [1.807, 2.05) is 24.4 Å². The van der Waals surface area contributed by atoms with Gasteiger partial charge in [0.2, 0.25) is 0 Å². The number of hydrogen-bond donors (Lipinski definition) is 1. The zero-order valence-electron chi connectivity index (χ0n) is 14.5. The highest BCUT2D eigenvalue weighted by Gasteiger charge is 2.14. The topological polar surface area (TPSA) is 73.3 Å². The Morgan fingerprint density at radius 1 is 1.23 bits per heavy atom. The highest BCUT2D eigenvalue weighted by molar-refractivity contribution is 7.07. The van der Waals surface area contributed by atoms with Crippen molar-refractivity contribution in [3.05, 3.63) is 70.4 Å². The van der Waals surface area contributed by atoms with Gasteiger partial charge in [-0.05, 0) is 42.8 Å². The summed E-state index contributed by atoms with van der Waals surface area (Å²) in [6.45, 7) is 2.28. The Kier molecular flexibility index (Phi) is 5.80. The zero-order chi connectivity index (χ0) is 18.4. The number of carbonyl (C=O) groups is 1. The number of nitrogens with zero attached hydrogens (tertiary/aromatic N) is 2. The Hall–Kier alpha value is -2.93. The van der Waals surface area contributed by atoms with Crippen molar-refractivity contribution in [2.75, 3.05) is 7.11 Å². The van der Waals surface area contributed by atoms with Gasteiger partial charge >= 0.3 is 0 Å². The standard InChI is InChI=1S/C19H19N3O3S/c1-13(14-5-7-20-8-6-14)22-19(23)15-3-4-17(18(9-15)24-2)25-10-16-11-26-12-21-16/h3-9,11-13H,10H2,1-2H3,(H,22,23). The molecule has 0 radical (unpaired) electrons. The summed E-state index contributed by atoms with van der Waals surface area (Å²) in [4.78, 5) is 20.7. The molecular weight excluding hydrogens is 350 g/mol. The van der Waals surface area contributed by atoms with Crippen molar-refractivity contribution in [1.29, 1.82) is 0 Å². The fraction of sp³-hybridized carbons (Fsp3) is 0.211. The molecule has 2 heterocycles. The molecular formula is C19H19N3O3S. The van der Waals surface area contributed by atoms with Crippen molar-refractivity contribution in [1.82, 2.24) is 15.3 Å². The first-order valence-electron chi connectivity index (χ1n) is 8.06. The molecule has 1 amide bonds. The second kappa shape index (κ2) is 8.44. The van der Waals surface area contributed by atoms with Crippen LogP contribution in [0.25, 0.3) is 0 Å². The summed E-state index contributed by atoms with van der Waals surface area (Å²) in [5.41, 5.74) is 4.10. The van der Waals surface area contributed by atoms with E-state index >= 15 is 0 Å². The number of rotatable bonds is 7. The highest BCUT2D eigenvalue weighted by Crippen LogP contribution is 2.29. The lowest BCUT2D eigenvalue weighted by atomic mass is 10.1. The summed E-state index contributed by atoms with van der Waals surface area (Å²) in [5, 5.41) is 4.89. The maximum Gasteiger partial charge on any atom is 0.251 e. The van der Waals surface area contributed by atoms with Crippen molar-refractivity contribution in [3.63, 3.8) is 0 Å². The van der Waals surface area contributed by atoms with Gasteiger partial charge < -0.3 is 14.8 Å². The third-order valence-electron chi connectivity index (χ3n) is 3.84. The van der Waals surface area contributed by atoms with Gasteiger partial charge in [0.05, 0.1) is 24.4 Å². The fourth-order valence-electron chi connectivity index (χ4n) is 2.40. The SMILES string of the molecule is COc1cc(C(=O)NC(C)c2ccncc2)ccc1OCc1cscn1. The second-order valence-electron chi connectivity index (χ2n) is 5.61. The minimum Gasteiger partial charge on any atom is -0.493 e. The maximum absolute atomic E-state index is 12.5. The van der Waals surface area contributed by atoms with Gasteiger partial charge in [-0.25, -0.2) is 4.98 Å². The Balaban J connectivity index is 1.68. The van der Waals surface area contributed by atoms with Crippen molar-refractivity contribution in [3.8, 4) is 11.5 Å². The summed E-state index contributed by atoms with van der Waals surface area (Å²) in [5.74, 6) is 0.891. The normalized spacial score (nSPS) is 11.6. The number of thiazole rings is 1. The minimum absolute atomic E-state index is 0.128. The van der Waals surface area contributed by atoms with Crippen molar-refractivity contribution in [2.45, 2.75) is 19.6 Å². The number of ether oxygens (including phenoxy) is 2. The van der Waals surface area contributed by atoms with Crippen molar-refractivity contribution < 1.29 is 14.3 Å². The smallest absolute Gasteiger partial charge is 0.251 e. The van der Waals surface area contributed by atoms with Crippen LogP contribution in [-0.4, -0.2) is 23.0 Å². The molecule has 0 aliphatic rings. The van der Waals surface area contributed by atoms with E-state index in [4.69, 9.17) is 9.47 Å². The quantitative estimate of drug-likeness (QED) is 0.689. The van der Waals surface area contributed by atoms with E-state index in [1.165, 1.54) is 11.3 Å². The predicted molar refractivity (Wildman–Crippen MR) is 99.6 cm³/mol. The molecule has 3 aromatic rings. The van der Waals surface area contributed by atoms with Gasteiger partial charge in [-0.2, -0.15) is 0 Å². The molecule has 0 spiro atoms. The van der Waals surface area contributed by atoms with Crippen LogP contribution in [0.15, 0.2) is 53.6 Å². The molecule has 1 atom stereocenters. The van der Waals surface area contributed by atoms with Gasteiger partial charge in [-0.15, -0.1) is 11.3 Å². The molecule has 7 heteroatoms. The molecule has 0 saturated carbocycles. The Bertz CT molecular complexity index is 854. The lowest BCUT2D eigenvalue weighted by molar-refractivity contribution is 0.0939. The van der Waals surface area contributed by atoms with Crippen LogP contribution in [0.3, 0.4) is 0 Å². The number of aromatic nitrogens is 2. The Morgan fingerprint density at radius 3 is 2.73 bits per heavy atom. The van der Waals surface area contributed by atoms with Crippen LogP contribution < -0.4 is 14.8 Å². The maximum atomic E-state index is 12.5. The molecule has 0 bridgehead atoms. The second-order valence-corrected chi connectivity index (χ2v) is 6.33. The Morgan fingerprint density at radius 2 is 2.04 bits per heavy atom. The lowest BCUT2D eigenvalue weighted by Crippen LogP contribution is -2.26. The first-order chi connectivity index (χ1) is 12.7. The molecule has 26 heavy (non-hydrogen) atoms. The third-order valence-corrected chi connectivity index (χ3v) is 4.47. The molecule has 0 aliphatic heterocycles. The summed E-state index contributed by atoms with van der Waals surface area (Å²) >= 11 is 1.52. The number of pyridine rings is 1. The molecule has 6 nitrogen and oxygen atoms in total. The van der Waals surface area contributed by atoms with E-state index in [0.717, 1.165) is 11.3 Å². The van der Waals surface area contributed by atoms with Crippen LogP contribution in [0.2, 0.25) is 0 Å². The summed E-state index contributed by atoms with van der Waals surface area (Å²) in [6, 6.07) is 8.74. The Labute approximate surface area is 155 Å². The molecule has 1 unspecified atom stereocenters.